The minimum atomic E-state index is -1.33. The van der Waals surface area contributed by atoms with Crippen molar-refractivity contribution in [3.05, 3.63) is 36.2 Å². The van der Waals surface area contributed by atoms with Crippen molar-refractivity contribution in [2.24, 2.45) is 5.92 Å². The fraction of sp³-hybridized carbons (Fsp3) is 0.750. The van der Waals surface area contributed by atoms with Crippen molar-refractivity contribution in [1.82, 2.24) is 9.97 Å². The van der Waals surface area contributed by atoms with Crippen LogP contribution in [0.5, 0.6) is 0 Å². The lowest BCUT2D eigenvalue weighted by atomic mass is 10.0. The van der Waals surface area contributed by atoms with E-state index in [1.54, 1.807) is 6.20 Å². The van der Waals surface area contributed by atoms with E-state index in [0.29, 0.717) is 18.1 Å². The molecule has 0 amide bonds. The molecule has 0 aliphatic heterocycles. The average molecular weight is 523 g/mol. The summed E-state index contributed by atoms with van der Waals surface area (Å²) < 4.78 is 16.0. The second-order valence-corrected chi connectivity index (χ2v) is 10.4. The monoisotopic (exact) mass is 522 g/mol. The van der Waals surface area contributed by atoms with Gasteiger partial charge >= 0.3 is 5.97 Å². The first-order valence-corrected chi connectivity index (χ1v) is 13.8. The highest BCUT2D eigenvalue weighted by Crippen LogP contribution is 2.24. The third kappa shape index (κ3) is 12.7. The van der Waals surface area contributed by atoms with Crippen LogP contribution in [0.1, 0.15) is 121 Å². The second kappa shape index (κ2) is 17.3. The normalized spacial score (nSPS) is 15.0. The molecule has 2 rings (SSSR count). The molecule has 0 spiro atoms. The van der Waals surface area contributed by atoms with Gasteiger partial charge in [-0.2, -0.15) is 0 Å². The molecule has 0 radical (unpaired) electrons. The van der Waals surface area contributed by atoms with E-state index in [1.807, 2.05) is 0 Å². The number of carbonyl (C=O) groups is 1. The molecule has 210 valence electrons. The number of nitrogens with zero attached hydrogens (tertiary/aromatic N) is 2. The standard InChI is InChI=1S/C28H46N2O7/c1-20(2)13-11-9-7-5-4-6-8-10-12-14-27(33)37-25(28(34)21(3)31)16-24(32)23-18-35-26(30-23)15-22-17-29-19-36-22/h17-21,24-25,28,31-32,34H,4-16H2,1-3H3. The highest BCUT2D eigenvalue weighted by Gasteiger charge is 2.31. The Morgan fingerprint density at radius 1 is 0.946 bits per heavy atom. The molecule has 2 heterocycles. The minimum Gasteiger partial charge on any atom is -0.459 e. The minimum absolute atomic E-state index is 0.122. The van der Waals surface area contributed by atoms with Crippen molar-refractivity contribution in [3.8, 4) is 0 Å². The van der Waals surface area contributed by atoms with Crippen molar-refractivity contribution in [2.75, 3.05) is 0 Å². The van der Waals surface area contributed by atoms with E-state index in [9.17, 15) is 20.1 Å². The smallest absolute Gasteiger partial charge is 0.306 e. The first-order valence-electron chi connectivity index (χ1n) is 13.8. The van der Waals surface area contributed by atoms with E-state index in [2.05, 4.69) is 23.8 Å². The highest BCUT2D eigenvalue weighted by molar-refractivity contribution is 5.69. The van der Waals surface area contributed by atoms with Crippen LogP contribution >= 0.6 is 0 Å². The fourth-order valence-electron chi connectivity index (χ4n) is 4.23. The molecule has 3 N–H and O–H groups in total. The van der Waals surface area contributed by atoms with Gasteiger partial charge < -0.3 is 28.9 Å². The maximum absolute atomic E-state index is 12.4. The number of esters is 1. The summed E-state index contributed by atoms with van der Waals surface area (Å²) in [5.74, 6) is 1.24. The van der Waals surface area contributed by atoms with Gasteiger partial charge in [0.05, 0.1) is 18.7 Å². The lowest BCUT2D eigenvalue weighted by molar-refractivity contribution is -0.162. The van der Waals surface area contributed by atoms with Crippen molar-refractivity contribution < 1.29 is 33.7 Å². The molecular formula is C28H46N2O7. The van der Waals surface area contributed by atoms with Crippen molar-refractivity contribution in [3.63, 3.8) is 0 Å². The topological polar surface area (TPSA) is 139 Å². The van der Waals surface area contributed by atoms with Gasteiger partial charge in [0.15, 0.2) is 6.39 Å². The predicted octanol–water partition coefficient (Wildman–Crippen LogP) is 5.28. The van der Waals surface area contributed by atoms with Crippen LogP contribution in [0.25, 0.3) is 0 Å². The van der Waals surface area contributed by atoms with Gasteiger partial charge in [0.1, 0.15) is 36.0 Å². The van der Waals surface area contributed by atoms with Gasteiger partial charge in [-0.25, -0.2) is 9.97 Å². The van der Waals surface area contributed by atoms with Crippen molar-refractivity contribution in [2.45, 2.75) is 129 Å². The Balaban J connectivity index is 1.68. The van der Waals surface area contributed by atoms with Gasteiger partial charge in [-0.1, -0.05) is 71.6 Å². The SMILES string of the molecule is CC(C)CCCCCCCCCCCC(=O)OC(CC(O)c1coc(Cc2cnco2)n1)C(O)C(C)O. The van der Waals surface area contributed by atoms with Crippen LogP contribution in [0.3, 0.4) is 0 Å². The van der Waals surface area contributed by atoms with Gasteiger partial charge in [0.2, 0.25) is 5.89 Å². The summed E-state index contributed by atoms with van der Waals surface area (Å²) in [5, 5.41) is 30.9. The first-order chi connectivity index (χ1) is 17.8. The van der Waals surface area contributed by atoms with Gasteiger partial charge in [0, 0.05) is 12.8 Å². The van der Waals surface area contributed by atoms with E-state index in [0.717, 1.165) is 18.8 Å². The molecular weight excluding hydrogens is 476 g/mol. The van der Waals surface area contributed by atoms with Gasteiger partial charge in [-0.05, 0) is 19.3 Å². The Bertz CT molecular complexity index is 851. The van der Waals surface area contributed by atoms with Crippen LogP contribution in [-0.2, 0) is 16.0 Å². The van der Waals surface area contributed by atoms with E-state index in [4.69, 9.17) is 13.6 Å². The third-order valence-electron chi connectivity index (χ3n) is 6.50. The van der Waals surface area contributed by atoms with Crippen molar-refractivity contribution in [1.29, 1.82) is 0 Å². The summed E-state index contributed by atoms with van der Waals surface area (Å²) >= 11 is 0. The van der Waals surface area contributed by atoms with Gasteiger partial charge in [-0.15, -0.1) is 0 Å². The van der Waals surface area contributed by atoms with Crippen LogP contribution in [0.4, 0.5) is 0 Å². The van der Waals surface area contributed by atoms with E-state index < -0.39 is 30.4 Å². The van der Waals surface area contributed by atoms with E-state index in [1.165, 1.54) is 64.5 Å². The number of rotatable bonds is 20. The molecule has 0 saturated heterocycles. The summed E-state index contributed by atoms with van der Waals surface area (Å²) in [6, 6.07) is 0. The highest BCUT2D eigenvalue weighted by atomic mass is 16.6. The largest absolute Gasteiger partial charge is 0.459 e. The number of aliphatic hydroxyl groups excluding tert-OH is 3. The van der Waals surface area contributed by atoms with Crippen LogP contribution in [-0.4, -0.2) is 49.6 Å². The van der Waals surface area contributed by atoms with Crippen LogP contribution in [0.2, 0.25) is 0 Å². The molecule has 0 aliphatic carbocycles. The summed E-state index contributed by atoms with van der Waals surface area (Å²) in [4.78, 5) is 20.5. The molecule has 37 heavy (non-hydrogen) atoms. The Morgan fingerprint density at radius 3 is 2.19 bits per heavy atom. The molecule has 2 aromatic rings. The summed E-state index contributed by atoms with van der Waals surface area (Å²) in [6.45, 7) is 5.95. The molecule has 0 aromatic carbocycles. The zero-order valence-corrected chi connectivity index (χ0v) is 22.7. The number of oxazole rings is 2. The van der Waals surface area contributed by atoms with E-state index >= 15 is 0 Å². The number of aliphatic hydroxyl groups is 3. The summed E-state index contributed by atoms with van der Waals surface area (Å²) in [6.07, 6.45) is 11.5. The van der Waals surface area contributed by atoms with E-state index in [-0.39, 0.29) is 25.0 Å². The Labute approximate surface area is 220 Å². The van der Waals surface area contributed by atoms with Crippen molar-refractivity contribution >= 4 is 5.97 Å². The maximum atomic E-state index is 12.4. The summed E-state index contributed by atoms with van der Waals surface area (Å²) in [7, 11) is 0. The van der Waals surface area contributed by atoms with Gasteiger partial charge in [0.25, 0.3) is 0 Å². The fourth-order valence-corrected chi connectivity index (χ4v) is 4.23. The Hall–Kier alpha value is -2.23. The Kier molecular flexibility index (Phi) is 14.5. The first kappa shape index (κ1) is 31.0. The molecule has 9 heteroatoms. The molecule has 0 saturated carbocycles. The molecule has 9 nitrogen and oxygen atoms in total. The zero-order valence-electron chi connectivity index (χ0n) is 22.7. The number of unbranched alkanes of at least 4 members (excludes halogenated alkanes) is 8. The quantitative estimate of drug-likeness (QED) is 0.157. The Morgan fingerprint density at radius 2 is 1.59 bits per heavy atom. The van der Waals surface area contributed by atoms with Gasteiger partial charge in [-0.3, -0.25) is 4.79 Å². The van der Waals surface area contributed by atoms with Crippen LogP contribution in [0.15, 0.2) is 27.7 Å². The molecule has 4 unspecified atom stereocenters. The maximum Gasteiger partial charge on any atom is 0.306 e. The average Bonchev–Trinajstić information content (AvgIpc) is 3.54. The number of carbonyl (C=O) groups excluding carboxylic acids is 1. The number of ether oxygens (including phenoxy) is 1. The molecule has 0 fully saturated rings. The molecule has 2 aromatic heterocycles. The number of aromatic nitrogens is 2. The number of hydrogen-bond donors (Lipinski definition) is 3. The lowest BCUT2D eigenvalue weighted by Gasteiger charge is -2.26. The zero-order chi connectivity index (χ0) is 27.0. The number of hydrogen-bond acceptors (Lipinski definition) is 9. The molecule has 4 atom stereocenters. The predicted molar refractivity (Wildman–Crippen MR) is 139 cm³/mol. The van der Waals surface area contributed by atoms with Crippen LogP contribution < -0.4 is 0 Å². The molecule has 0 bridgehead atoms. The lowest BCUT2D eigenvalue weighted by Crippen LogP contribution is -2.40. The second-order valence-electron chi connectivity index (χ2n) is 10.4. The third-order valence-corrected chi connectivity index (χ3v) is 6.50. The van der Waals surface area contributed by atoms with Crippen LogP contribution in [0, 0.1) is 5.92 Å². The molecule has 0 aliphatic rings. The summed E-state index contributed by atoms with van der Waals surface area (Å²) in [5.41, 5.74) is 0.244.